The van der Waals surface area contributed by atoms with Crippen LogP contribution in [0.4, 0.5) is 34.5 Å². The number of anilines is 5. The number of aryl methyl sites for hydroxylation is 2. The van der Waals surface area contributed by atoms with E-state index in [1.54, 1.807) is 38.2 Å². The molecule has 3 aromatic carbocycles. The van der Waals surface area contributed by atoms with Crippen molar-refractivity contribution in [3.8, 4) is 0 Å². The number of nitro benzene ring substituents is 1. The highest BCUT2D eigenvalue weighted by Gasteiger charge is 2.23. The highest BCUT2D eigenvalue weighted by molar-refractivity contribution is 6.09. The van der Waals surface area contributed by atoms with E-state index in [4.69, 9.17) is 0 Å². The molecule has 11 heteroatoms. The first-order valence-electron chi connectivity index (χ1n) is 14.9. The van der Waals surface area contributed by atoms with E-state index in [2.05, 4.69) is 78.8 Å². The number of nitro groups is 1. The van der Waals surface area contributed by atoms with Crippen LogP contribution in [0.2, 0.25) is 0 Å². The van der Waals surface area contributed by atoms with E-state index in [9.17, 15) is 19.7 Å². The highest BCUT2D eigenvalue weighted by atomic mass is 16.6. The number of nitrogens with one attached hydrogen (secondary N) is 4. The number of rotatable bonds is 8. The Hall–Kier alpha value is -5.32. The van der Waals surface area contributed by atoms with Crippen LogP contribution in [0.1, 0.15) is 84.5 Å². The molecule has 0 bridgehead atoms. The van der Waals surface area contributed by atoms with Gasteiger partial charge in [0, 0.05) is 47.5 Å². The van der Waals surface area contributed by atoms with E-state index >= 15 is 0 Å². The Balaban J connectivity index is 1.54. The number of nitrogens with zero attached hydrogens (tertiary/aromatic N) is 3. The van der Waals surface area contributed by atoms with Crippen molar-refractivity contribution in [1.29, 1.82) is 0 Å². The van der Waals surface area contributed by atoms with E-state index in [0.29, 0.717) is 28.2 Å². The van der Waals surface area contributed by atoms with Crippen LogP contribution >= 0.6 is 0 Å². The van der Waals surface area contributed by atoms with Gasteiger partial charge >= 0.3 is 0 Å². The summed E-state index contributed by atoms with van der Waals surface area (Å²) in [4.78, 5) is 46.3. The molecule has 0 saturated heterocycles. The van der Waals surface area contributed by atoms with Crippen molar-refractivity contribution in [1.82, 2.24) is 9.97 Å². The summed E-state index contributed by atoms with van der Waals surface area (Å²) in [5, 5.41) is 23.1. The zero-order valence-corrected chi connectivity index (χ0v) is 27.7. The molecule has 240 valence electrons. The lowest BCUT2D eigenvalue weighted by molar-refractivity contribution is -0.385. The Bertz CT molecular complexity index is 1790. The van der Waals surface area contributed by atoms with E-state index in [1.165, 1.54) is 12.3 Å². The number of amides is 2. The Morgan fingerprint density at radius 2 is 1.39 bits per heavy atom. The molecule has 0 fully saturated rings. The summed E-state index contributed by atoms with van der Waals surface area (Å²) in [5.41, 5.74) is 5.40. The molecule has 11 nitrogen and oxygen atoms in total. The van der Waals surface area contributed by atoms with Gasteiger partial charge in [0.25, 0.3) is 17.5 Å². The third kappa shape index (κ3) is 7.84. The summed E-state index contributed by atoms with van der Waals surface area (Å²) in [5.74, 6) is -0.288. The third-order valence-corrected chi connectivity index (χ3v) is 7.60. The molecule has 0 spiro atoms. The van der Waals surface area contributed by atoms with Gasteiger partial charge in [0.1, 0.15) is 11.4 Å². The van der Waals surface area contributed by atoms with Gasteiger partial charge in [-0.1, -0.05) is 59.7 Å². The molecule has 46 heavy (non-hydrogen) atoms. The molecular weight excluding hydrogens is 582 g/mol. The fourth-order valence-corrected chi connectivity index (χ4v) is 4.66. The van der Waals surface area contributed by atoms with Gasteiger partial charge in [-0.05, 0) is 71.7 Å². The Morgan fingerprint density at radius 1 is 0.783 bits per heavy atom. The minimum Gasteiger partial charge on any atom is -0.372 e. The van der Waals surface area contributed by atoms with Crippen molar-refractivity contribution in [2.45, 2.75) is 66.2 Å². The molecule has 0 saturated carbocycles. The predicted molar refractivity (Wildman–Crippen MR) is 184 cm³/mol. The van der Waals surface area contributed by atoms with Crippen molar-refractivity contribution in [2.75, 3.05) is 28.3 Å². The van der Waals surface area contributed by atoms with Crippen LogP contribution in [-0.2, 0) is 10.8 Å². The summed E-state index contributed by atoms with van der Waals surface area (Å²) in [6, 6.07) is 16.1. The third-order valence-electron chi connectivity index (χ3n) is 7.60. The smallest absolute Gasteiger partial charge is 0.274 e. The standard InChI is InChI=1S/C35H41N7O4/c1-20-10-12-25(38-31(43)22-14-23(34(3,4)5)16-24(15-22)35(6,7)8)17-28(20)40-32(44)27-19-37-33(41-30(27)36-9)39-26-13-11-21(2)29(18-26)42(45)46/h10-19H,1-9H3,(H,38,43)(H,40,44)(H2,36,37,39,41). The normalized spacial score (nSPS) is 11.5. The molecule has 0 aliphatic rings. The second-order valence-electron chi connectivity index (χ2n) is 13.3. The van der Waals surface area contributed by atoms with Crippen LogP contribution in [0, 0.1) is 24.0 Å². The first-order chi connectivity index (χ1) is 21.5. The molecule has 2 amide bonds. The summed E-state index contributed by atoms with van der Waals surface area (Å²) in [6.45, 7) is 16.2. The monoisotopic (exact) mass is 623 g/mol. The summed E-state index contributed by atoms with van der Waals surface area (Å²) in [6.07, 6.45) is 1.37. The quantitative estimate of drug-likeness (QED) is 0.114. The van der Waals surface area contributed by atoms with Crippen molar-refractivity contribution in [3.05, 3.63) is 104 Å². The average Bonchev–Trinajstić information content (AvgIpc) is 2.98. The Morgan fingerprint density at radius 3 is 1.98 bits per heavy atom. The molecule has 1 heterocycles. The molecule has 4 N–H and O–H groups in total. The number of hydrogen-bond acceptors (Lipinski definition) is 8. The first-order valence-corrected chi connectivity index (χ1v) is 14.9. The summed E-state index contributed by atoms with van der Waals surface area (Å²) in [7, 11) is 1.63. The molecule has 0 radical (unpaired) electrons. The zero-order valence-electron chi connectivity index (χ0n) is 27.7. The number of benzene rings is 3. The number of carbonyl (C=O) groups is 2. The highest BCUT2D eigenvalue weighted by Crippen LogP contribution is 2.31. The SMILES string of the molecule is CNc1nc(Nc2ccc(C)c([N+](=O)[O-])c2)ncc1C(=O)Nc1cc(NC(=O)c2cc(C(C)(C)C)cc(C(C)(C)C)c2)ccc1C. The fourth-order valence-electron chi connectivity index (χ4n) is 4.66. The molecule has 4 aromatic rings. The maximum absolute atomic E-state index is 13.5. The van der Waals surface area contributed by atoms with Gasteiger partial charge in [0.2, 0.25) is 5.95 Å². The predicted octanol–water partition coefficient (Wildman–Crippen LogP) is 7.89. The molecule has 0 aliphatic heterocycles. The van der Waals surface area contributed by atoms with E-state index in [-0.39, 0.29) is 39.8 Å². The van der Waals surface area contributed by atoms with Crippen LogP contribution < -0.4 is 21.3 Å². The van der Waals surface area contributed by atoms with Gasteiger partial charge < -0.3 is 21.3 Å². The van der Waals surface area contributed by atoms with Crippen LogP contribution in [0.15, 0.2) is 60.8 Å². The lowest BCUT2D eigenvalue weighted by atomic mass is 9.79. The van der Waals surface area contributed by atoms with Crippen LogP contribution in [0.5, 0.6) is 0 Å². The van der Waals surface area contributed by atoms with E-state index in [0.717, 1.165) is 16.7 Å². The molecule has 1 aromatic heterocycles. The minimum atomic E-state index is -0.457. The van der Waals surface area contributed by atoms with Crippen molar-refractivity contribution >= 4 is 46.3 Å². The van der Waals surface area contributed by atoms with Crippen molar-refractivity contribution in [3.63, 3.8) is 0 Å². The Kier molecular flexibility index (Phi) is 9.46. The van der Waals surface area contributed by atoms with Crippen molar-refractivity contribution in [2.24, 2.45) is 0 Å². The van der Waals surface area contributed by atoms with Gasteiger partial charge in [0.15, 0.2) is 0 Å². The van der Waals surface area contributed by atoms with Crippen LogP contribution in [-0.4, -0.2) is 33.8 Å². The summed E-state index contributed by atoms with van der Waals surface area (Å²) < 4.78 is 0. The Labute approximate surface area is 269 Å². The lowest BCUT2D eigenvalue weighted by Gasteiger charge is -2.26. The van der Waals surface area contributed by atoms with Gasteiger partial charge in [-0.2, -0.15) is 4.98 Å². The van der Waals surface area contributed by atoms with Gasteiger partial charge in [-0.25, -0.2) is 4.98 Å². The molecule has 4 rings (SSSR count). The van der Waals surface area contributed by atoms with Crippen LogP contribution in [0.3, 0.4) is 0 Å². The number of hydrogen-bond donors (Lipinski definition) is 4. The molecule has 0 atom stereocenters. The second-order valence-corrected chi connectivity index (χ2v) is 13.3. The zero-order chi connectivity index (χ0) is 34.0. The summed E-state index contributed by atoms with van der Waals surface area (Å²) >= 11 is 0. The topological polar surface area (TPSA) is 151 Å². The second kappa shape index (κ2) is 13.0. The van der Waals surface area contributed by atoms with Gasteiger partial charge in [0.05, 0.1) is 4.92 Å². The van der Waals surface area contributed by atoms with Gasteiger partial charge in [-0.3, -0.25) is 19.7 Å². The lowest BCUT2D eigenvalue weighted by Crippen LogP contribution is -2.20. The minimum absolute atomic E-state index is 0.0308. The average molecular weight is 624 g/mol. The molecular formula is C35H41N7O4. The maximum Gasteiger partial charge on any atom is 0.274 e. The molecule has 0 unspecified atom stereocenters. The number of aromatic nitrogens is 2. The van der Waals surface area contributed by atoms with E-state index in [1.807, 2.05) is 25.1 Å². The fraction of sp³-hybridized carbons (Fsp3) is 0.314. The molecule has 0 aliphatic carbocycles. The van der Waals surface area contributed by atoms with Gasteiger partial charge in [-0.15, -0.1) is 0 Å². The van der Waals surface area contributed by atoms with E-state index < -0.39 is 10.8 Å². The van der Waals surface area contributed by atoms with Crippen LogP contribution in [0.25, 0.3) is 0 Å². The number of carbonyl (C=O) groups excluding carboxylic acids is 2. The maximum atomic E-state index is 13.5. The first kappa shape index (κ1) is 33.6. The van der Waals surface area contributed by atoms with Crippen molar-refractivity contribution < 1.29 is 14.5 Å². The largest absolute Gasteiger partial charge is 0.372 e.